The van der Waals surface area contributed by atoms with Gasteiger partial charge in [-0.15, -0.1) is 0 Å². The number of carbonyl (C=O) groups excluding carboxylic acids is 1. The Kier molecular flexibility index (Phi) is 5.47. The number of nitrogens with zero attached hydrogens (tertiary/aromatic N) is 5. The Bertz CT molecular complexity index is 1080. The number of non-ortho nitro benzene ring substituents is 1. The van der Waals surface area contributed by atoms with E-state index in [1.54, 1.807) is 23.1 Å². The molecule has 2 heterocycles. The van der Waals surface area contributed by atoms with Crippen molar-refractivity contribution < 1.29 is 14.2 Å². The number of aromatic nitrogens is 2. The van der Waals surface area contributed by atoms with Crippen molar-refractivity contribution >= 4 is 28.9 Å². The third-order valence-corrected chi connectivity index (χ3v) is 5.36. The number of benzene rings is 2. The van der Waals surface area contributed by atoms with Gasteiger partial charge in [0.05, 0.1) is 28.2 Å². The molecule has 9 nitrogen and oxygen atoms in total. The van der Waals surface area contributed by atoms with Crippen LogP contribution in [0.25, 0.3) is 11.4 Å². The van der Waals surface area contributed by atoms with Gasteiger partial charge in [0.2, 0.25) is 17.6 Å². The van der Waals surface area contributed by atoms with Gasteiger partial charge in [0.25, 0.3) is 5.69 Å². The smallest absolute Gasteiger partial charge is 0.269 e. The first-order valence-corrected chi connectivity index (χ1v) is 9.65. The summed E-state index contributed by atoms with van der Waals surface area (Å²) in [5.74, 6) is 0.666. The predicted molar refractivity (Wildman–Crippen MR) is 110 cm³/mol. The zero-order chi connectivity index (χ0) is 21.3. The molecule has 30 heavy (non-hydrogen) atoms. The summed E-state index contributed by atoms with van der Waals surface area (Å²) in [4.78, 5) is 31.1. The number of anilines is 1. The lowest BCUT2D eigenvalue weighted by molar-refractivity contribution is -0.384. The first-order valence-electron chi connectivity index (χ1n) is 9.27. The van der Waals surface area contributed by atoms with Crippen LogP contribution in [0.15, 0.2) is 53.1 Å². The molecule has 0 aliphatic carbocycles. The average Bonchev–Trinajstić information content (AvgIpc) is 3.35. The average molecular weight is 428 g/mol. The maximum atomic E-state index is 12.9. The number of hydrogen-bond acceptors (Lipinski definition) is 7. The minimum Gasteiger partial charge on any atom is -0.338 e. The maximum Gasteiger partial charge on any atom is 0.269 e. The lowest BCUT2D eigenvalue weighted by Gasteiger charge is -2.22. The Morgan fingerprint density at radius 2 is 2.00 bits per heavy atom. The van der Waals surface area contributed by atoms with Gasteiger partial charge in [0.1, 0.15) is 0 Å². The third-order valence-electron chi connectivity index (χ3n) is 5.04. The van der Waals surface area contributed by atoms with Gasteiger partial charge in [-0.3, -0.25) is 19.8 Å². The van der Waals surface area contributed by atoms with Crippen LogP contribution in [-0.4, -0.2) is 45.5 Å². The highest BCUT2D eigenvalue weighted by Crippen LogP contribution is 2.30. The first kappa shape index (κ1) is 20.0. The van der Waals surface area contributed by atoms with Gasteiger partial charge in [-0.25, -0.2) is 0 Å². The number of hydrogen-bond donors (Lipinski definition) is 0. The highest BCUT2D eigenvalue weighted by atomic mass is 35.5. The molecule has 1 aliphatic rings. The first-order chi connectivity index (χ1) is 14.4. The third kappa shape index (κ3) is 3.89. The number of nitro benzene ring substituents is 1. The fraction of sp³-hybridized carbons (Fsp3) is 0.250. The fourth-order valence-corrected chi connectivity index (χ4v) is 3.71. The van der Waals surface area contributed by atoms with Crippen LogP contribution in [0.3, 0.4) is 0 Å². The van der Waals surface area contributed by atoms with Crippen LogP contribution in [0.1, 0.15) is 12.3 Å². The Hall–Kier alpha value is -3.30. The lowest BCUT2D eigenvalue weighted by Crippen LogP contribution is -2.39. The van der Waals surface area contributed by atoms with Crippen LogP contribution in [0.4, 0.5) is 11.4 Å². The van der Waals surface area contributed by atoms with Gasteiger partial charge in [0.15, 0.2) is 0 Å². The van der Waals surface area contributed by atoms with E-state index in [4.69, 9.17) is 16.1 Å². The van der Waals surface area contributed by atoms with Crippen LogP contribution < -0.4 is 4.90 Å². The highest BCUT2D eigenvalue weighted by Gasteiger charge is 2.36. The van der Waals surface area contributed by atoms with Crippen LogP contribution in [0.2, 0.25) is 5.02 Å². The van der Waals surface area contributed by atoms with Gasteiger partial charge < -0.3 is 9.42 Å². The molecule has 1 saturated heterocycles. The molecule has 1 aromatic heterocycles. The molecule has 0 radical (unpaired) electrons. The predicted octanol–water partition coefficient (Wildman–Crippen LogP) is 3.54. The second kappa shape index (κ2) is 8.21. The summed E-state index contributed by atoms with van der Waals surface area (Å²) in [5.41, 5.74) is 1.31. The summed E-state index contributed by atoms with van der Waals surface area (Å²) in [7, 11) is 1.83. The van der Waals surface area contributed by atoms with Crippen LogP contribution in [0, 0.1) is 10.1 Å². The van der Waals surface area contributed by atoms with Crippen molar-refractivity contribution in [1.82, 2.24) is 15.0 Å². The van der Waals surface area contributed by atoms with Crippen molar-refractivity contribution in [3.63, 3.8) is 0 Å². The number of nitro groups is 1. The fourth-order valence-electron chi connectivity index (χ4n) is 3.48. The monoisotopic (exact) mass is 427 g/mol. The minimum atomic E-state index is -0.467. The van der Waals surface area contributed by atoms with Crippen molar-refractivity contribution in [1.29, 1.82) is 0 Å². The molecule has 10 heteroatoms. The van der Waals surface area contributed by atoms with E-state index in [1.807, 2.05) is 30.1 Å². The summed E-state index contributed by atoms with van der Waals surface area (Å²) < 4.78 is 5.31. The van der Waals surface area contributed by atoms with Crippen molar-refractivity contribution in [2.24, 2.45) is 0 Å². The molecule has 0 spiro atoms. The second-order valence-corrected chi connectivity index (χ2v) is 7.38. The van der Waals surface area contributed by atoms with Gasteiger partial charge in [-0.05, 0) is 37.7 Å². The Morgan fingerprint density at radius 1 is 1.27 bits per heavy atom. The Balaban J connectivity index is 1.43. The minimum absolute atomic E-state index is 0.00924. The van der Waals surface area contributed by atoms with Crippen molar-refractivity contribution in [3.05, 3.63) is 69.6 Å². The number of amides is 1. The molecule has 4 rings (SSSR count). The standard InChI is InChI=1S/C20H18ClN5O4/c1-24(17-10-11-25(20(17)27)16-5-3-2-4-15(16)21)12-18-22-19(23-30-18)13-6-8-14(9-7-13)26(28)29/h2-9,17H,10-12H2,1H3. The van der Waals surface area contributed by atoms with E-state index in [0.717, 1.165) is 0 Å². The maximum absolute atomic E-state index is 12.9. The number of carbonyl (C=O) groups is 1. The molecule has 1 fully saturated rings. The summed E-state index contributed by atoms with van der Waals surface area (Å²) >= 11 is 6.24. The van der Waals surface area contributed by atoms with Gasteiger partial charge in [-0.2, -0.15) is 4.98 Å². The number of halogens is 1. The molecular formula is C20H18ClN5O4. The summed E-state index contributed by atoms with van der Waals surface area (Å²) in [6.07, 6.45) is 0.657. The molecule has 2 aromatic carbocycles. The van der Waals surface area contributed by atoms with E-state index in [9.17, 15) is 14.9 Å². The molecular weight excluding hydrogens is 410 g/mol. The Morgan fingerprint density at radius 3 is 2.70 bits per heavy atom. The van der Waals surface area contributed by atoms with Crippen LogP contribution in [0.5, 0.6) is 0 Å². The van der Waals surface area contributed by atoms with E-state index in [1.165, 1.54) is 12.1 Å². The topological polar surface area (TPSA) is 106 Å². The number of rotatable bonds is 6. The van der Waals surface area contributed by atoms with Gasteiger partial charge in [-0.1, -0.05) is 28.9 Å². The molecule has 154 valence electrons. The van der Waals surface area contributed by atoms with Crippen LogP contribution >= 0.6 is 11.6 Å². The van der Waals surface area contributed by atoms with Crippen molar-refractivity contribution in [2.45, 2.75) is 19.0 Å². The van der Waals surface area contributed by atoms with Gasteiger partial charge >= 0.3 is 0 Å². The quantitative estimate of drug-likeness (QED) is 0.437. The lowest BCUT2D eigenvalue weighted by atomic mass is 10.2. The zero-order valence-electron chi connectivity index (χ0n) is 16.1. The molecule has 1 atom stereocenters. The molecule has 1 unspecified atom stereocenters. The summed E-state index contributed by atoms with van der Waals surface area (Å²) in [6, 6.07) is 12.9. The molecule has 3 aromatic rings. The number of likely N-dealkylation sites (N-methyl/N-ethyl adjacent to an activating group) is 1. The summed E-state index contributed by atoms with van der Waals surface area (Å²) in [6.45, 7) is 0.877. The van der Waals surface area contributed by atoms with E-state index in [2.05, 4.69) is 10.1 Å². The molecule has 1 amide bonds. The van der Waals surface area contributed by atoms with Crippen molar-refractivity contribution in [3.8, 4) is 11.4 Å². The normalized spacial score (nSPS) is 16.4. The van der Waals surface area contributed by atoms with E-state index >= 15 is 0 Å². The molecule has 0 N–H and O–H groups in total. The van der Waals surface area contributed by atoms with E-state index in [0.29, 0.717) is 47.5 Å². The molecule has 0 saturated carbocycles. The zero-order valence-corrected chi connectivity index (χ0v) is 16.8. The summed E-state index contributed by atoms with van der Waals surface area (Å²) in [5, 5.41) is 15.2. The van der Waals surface area contributed by atoms with Gasteiger partial charge in [0, 0.05) is 24.2 Å². The number of para-hydroxylation sites is 1. The van der Waals surface area contributed by atoms with E-state index in [-0.39, 0.29) is 17.6 Å². The molecule has 0 bridgehead atoms. The molecule has 1 aliphatic heterocycles. The SMILES string of the molecule is CN(Cc1nc(-c2ccc([N+](=O)[O-])cc2)no1)C1CCN(c2ccccc2Cl)C1=O. The van der Waals surface area contributed by atoms with Crippen LogP contribution in [-0.2, 0) is 11.3 Å². The van der Waals surface area contributed by atoms with E-state index < -0.39 is 4.92 Å². The largest absolute Gasteiger partial charge is 0.338 e. The Labute approximate surface area is 177 Å². The van der Waals surface area contributed by atoms with Crippen molar-refractivity contribution in [2.75, 3.05) is 18.5 Å². The highest BCUT2D eigenvalue weighted by molar-refractivity contribution is 6.33. The second-order valence-electron chi connectivity index (χ2n) is 6.98.